The Morgan fingerprint density at radius 3 is 2.94 bits per heavy atom. The predicted molar refractivity (Wildman–Crippen MR) is 66.7 cm³/mol. The van der Waals surface area contributed by atoms with Crippen molar-refractivity contribution in [3.8, 4) is 10.8 Å². The lowest BCUT2D eigenvalue weighted by Gasteiger charge is -1.84. The molecule has 88 valence electrons. The third-order valence-corrected chi connectivity index (χ3v) is 4.00. The summed E-state index contributed by atoms with van der Waals surface area (Å²) in [6, 6.07) is 1.92. The van der Waals surface area contributed by atoms with Crippen molar-refractivity contribution >= 4 is 39.3 Å². The van der Waals surface area contributed by atoms with Gasteiger partial charge >= 0.3 is 5.97 Å². The van der Waals surface area contributed by atoms with Crippen LogP contribution < -0.4 is 0 Å². The van der Waals surface area contributed by atoms with Crippen LogP contribution in [0.15, 0.2) is 20.3 Å². The van der Waals surface area contributed by atoms with Crippen LogP contribution in [0.5, 0.6) is 0 Å². The molecule has 0 fully saturated rings. The molecule has 7 heteroatoms. The standard InChI is InChI=1S/C10H7BrN2O3S/c1-5-4-6(17-9(5)11)10-13-12-7(16-10)2-3-8(14)15/h2-4H,1H3,(H,14,15)/b3-2+. The normalized spacial score (nSPS) is 11.2. The highest BCUT2D eigenvalue weighted by atomic mass is 79.9. The lowest BCUT2D eigenvalue weighted by Crippen LogP contribution is -1.85. The molecule has 0 aliphatic carbocycles. The van der Waals surface area contributed by atoms with Crippen molar-refractivity contribution < 1.29 is 14.3 Å². The van der Waals surface area contributed by atoms with Gasteiger partial charge in [-0.1, -0.05) is 0 Å². The molecule has 0 aromatic carbocycles. The van der Waals surface area contributed by atoms with Gasteiger partial charge < -0.3 is 9.52 Å². The van der Waals surface area contributed by atoms with Gasteiger partial charge in [-0.25, -0.2) is 4.79 Å². The minimum Gasteiger partial charge on any atom is -0.478 e. The van der Waals surface area contributed by atoms with E-state index >= 15 is 0 Å². The van der Waals surface area contributed by atoms with E-state index in [9.17, 15) is 4.79 Å². The molecule has 0 bridgehead atoms. The van der Waals surface area contributed by atoms with E-state index in [-0.39, 0.29) is 5.89 Å². The van der Waals surface area contributed by atoms with E-state index in [1.54, 1.807) is 0 Å². The minimum absolute atomic E-state index is 0.171. The van der Waals surface area contributed by atoms with E-state index in [1.165, 1.54) is 17.4 Å². The smallest absolute Gasteiger partial charge is 0.328 e. The number of aromatic nitrogens is 2. The number of nitrogens with zero attached hydrogens (tertiary/aromatic N) is 2. The summed E-state index contributed by atoms with van der Waals surface area (Å²) in [5.74, 6) is -0.502. The van der Waals surface area contributed by atoms with Gasteiger partial charge in [0.1, 0.15) is 0 Å². The number of carboxylic acid groups (broad SMARTS) is 1. The fourth-order valence-corrected chi connectivity index (χ4v) is 2.57. The summed E-state index contributed by atoms with van der Waals surface area (Å²) < 4.78 is 6.31. The average molecular weight is 315 g/mol. The molecular formula is C10H7BrN2O3S. The van der Waals surface area contributed by atoms with Gasteiger partial charge in [-0.2, -0.15) is 0 Å². The highest BCUT2D eigenvalue weighted by Gasteiger charge is 2.11. The molecule has 17 heavy (non-hydrogen) atoms. The molecule has 0 unspecified atom stereocenters. The van der Waals surface area contributed by atoms with Gasteiger partial charge in [0.25, 0.3) is 5.89 Å². The first-order valence-electron chi connectivity index (χ1n) is 4.57. The van der Waals surface area contributed by atoms with Gasteiger partial charge in [-0.15, -0.1) is 21.5 Å². The molecule has 1 N–H and O–H groups in total. The van der Waals surface area contributed by atoms with Crippen LogP contribution in [0.2, 0.25) is 0 Å². The average Bonchev–Trinajstić information content (AvgIpc) is 2.84. The Balaban J connectivity index is 2.26. The number of hydrogen-bond donors (Lipinski definition) is 1. The van der Waals surface area contributed by atoms with Gasteiger partial charge in [0, 0.05) is 12.2 Å². The molecule has 0 aliphatic rings. The molecule has 5 nitrogen and oxygen atoms in total. The lowest BCUT2D eigenvalue weighted by molar-refractivity contribution is -0.131. The zero-order valence-corrected chi connectivity index (χ0v) is 11.1. The predicted octanol–water partition coefficient (Wildman–Crippen LogP) is 2.97. The number of aliphatic carboxylic acids is 1. The minimum atomic E-state index is -1.06. The Labute approximate surface area is 109 Å². The van der Waals surface area contributed by atoms with E-state index in [0.717, 1.165) is 20.3 Å². The summed E-state index contributed by atoms with van der Waals surface area (Å²) in [7, 11) is 0. The molecule has 0 spiro atoms. The van der Waals surface area contributed by atoms with Crippen LogP contribution >= 0.6 is 27.3 Å². The third-order valence-electron chi connectivity index (χ3n) is 1.88. The molecule has 2 aromatic heterocycles. The number of hydrogen-bond acceptors (Lipinski definition) is 5. The number of carbonyl (C=O) groups is 1. The zero-order valence-electron chi connectivity index (χ0n) is 8.68. The third kappa shape index (κ3) is 2.80. The number of rotatable bonds is 3. The van der Waals surface area contributed by atoms with E-state index in [1.807, 2.05) is 13.0 Å². The number of aryl methyl sites for hydroxylation is 1. The first kappa shape index (κ1) is 12.0. The van der Waals surface area contributed by atoms with Crippen molar-refractivity contribution in [3.63, 3.8) is 0 Å². The maximum atomic E-state index is 10.3. The molecular weight excluding hydrogens is 308 g/mol. The lowest BCUT2D eigenvalue weighted by atomic mass is 10.3. The topological polar surface area (TPSA) is 76.2 Å². The van der Waals surface area contributed by atoms with Crippen molar-refractivity contribution in [1.82, 2.24) is 10.2 Å². The second-order valence-corrected chi connectivity index (χ2v) is 5.55. The van der Waals surface area contributed by atoms with Crippen LogP contribution in [0.4, 0.5) is 0 Å². The summed E-state index contributed by atoms with van der Waals surface area (Å²) in [5.41, 5.74) is 1.09. The summed E-state index contributed by atoms with van der Waals surface area (Å²) in [6.45, 7) is 1.96. The van der Waals surface area contributed by atoms with E-state index in [4.69, 9.17) is 9.52 Å². The number of carboxylic acids is 1. The molecule has 2 rings (SSSR count). The van der Waals surface area contributed by atoms with Crippen molar-refractivity contribution in [2.24, 2.45) is 0 Å². The van der Waals surface area contributed by atoms with Crippen LogP contribution in [0, 0.1) is 6.92 Å². The van der Waals surface area contributed by atoms with Crippen LogP contribution in [0.3, 0.4) is 0 Å². The second kappa shape index (κ2) is 4.80. The van der Waals surface area contributed by atoms with Crippen molar-refractivity contribution in [3.05, 3.63) is 27.4 Å². The Morgan fingerprint density at radius 2 is 2.35 bits per heavy atom. The highest BCUT2D eigenvalue weighted by Crippen LogP contribution is 2.33. The van der Waals surface area contributed by atoms with Crippen LogP contribution in [-0.4, -0.2) is 21.3 Å². The van der Waals surface area contributed by atoms with E-state index in [0.29, 0.717) is 5.89 Å². The molecule has 0 radical (unpaired) electrons. The summed E-state index contributed by atoms with van der Waals surface area (Å²) in [5, 5.41) is 16.0. The monoisotopic (exact) mass is 314 g/mol. The maximum absolute atomic E-state index is 10.3. The number of halogens is 1. The molecule has 0 atom stereocenters. The summed E-state index contributed by atoms with van der Waals surface area (Å²) >= 11 is 4.89. The van der Waals surface area contributed by atoms with Crippen molar-refractivity contribution in [1.29, 1.82) is 0 Å². The number of thiophene rings is 1. The molecule has 0 aliphatic heterocycles. The Morgan fingerprint density at radius 1 is 1.59 bits per heavy atom. The van der Waals surface area contributed by atoms with Crippen LogP contribution in [-0.2, 0) is 4.79 Å². The van der Waals surface area contributed by atoms with Gasteiger partial charge in [0.05, 0.1) is 8.66 Å². The van der Waals surface area contributed by atoms with Crippen LogP contribution in [0.1, 0.15) is 11.5 Å². The van der Waals surface area contributed by atoms with Crippen molar-refractivity contribution in [2.75, 3.05) is 0 Å². The van der Waals surface area contributed by atoms with E-state index in [2.05, 4.69) is 26.1 Å². The van der Waals surface area contributed by atoms with Crippen molar-refractivity contribution in [2.45, 2.75) is 6.92 Å². The molecule has 0 saturated heterocycles. The fraction of sp³-hybridized carbons (Fsp3) is 0.100. The molecule has 0 saturated carbocycles. The quantitative estimate of drug-likeness (QED) is 0.881. The molecule has 0 amide bonds. The Hall–Kier alpha value is -1.47. The van der Waals surface area contributed by atoms with Crippen LogP contribution in [0.25, 0.3) is 16.8 Å². The van der Waals surface area contributed by atoms with Gasteiger partial charge in [0.2, 0.25) is 5.89 Å². The largest absolute Gasteiger partial charge is 0.478 e. The zero-order chi connectivity index (χ0) is 12.4. The fourth-order valence-electron chi connectivity index (χ4n) is 1.11. The Bertz CT molecular complexity index is 569. The second-order valence-electron chi connectivity index (χ2n) is 3.18. The Kier molecular flexibility index (Phi) is 3.39. The van der Waals surface area contributed by atoms with Gasteiger partial charge in [-0.05, 0) is 34.5 Å². The highest BCUT2D eigenvalue weighted by molar-refractivity contribution is 9.11. The molecule has 2 heterocycles. The van der Waals surface area contributed by atoms with Gasteiger partial charge in [0.15, 0.2) is 0 Å². The van der Waals surface area contributed by atoms with E-state index < -0.39 is 5.97 Å². The maximum Gasteiger partial charge on any atom is 0.328 e. The SMILES string of the molecule is Cc1cc(-c2nnc(/C=C/C(=O)O)o2)sc1Br. The summed E-state index contributed by atoms with van der Waals surface area (Å²) in [4.78, 5) is 11.2. The van der Waals surface area contributed by atoms with Gasteiger partial charge in [-0.3, -0.25) is 0 Å². The summed E-state index contributed by atoms with van der Waals surface area (Å²) in [6.07, 6.45) is 2.21. The molecule has 2 aromatic rings. The first-order chi connectivity index (χ1) is 8.06. The first-order valence-corrected chi connectivity index (χ1v) is 6.18.